The van der Waals surface area contributed by atoms with Gasteiger partial charge in [0.05, 0.1) is 6.61 Å². The van der Waals surface area contributed by atoms with Gasteiger partial charge in [-0.1, -0.05) is 68.4 Å². The summed E-state index contributed by atoms with van der Waals surface area (Å²) in [7, 11) is 0. The van der Waals surface area contributed by atoms with Gasteiger partial charge < -0.3 is 4.74 Å². The number of hydrogen-bond acceptors (Lipinski definition) is 1. The molecule has 0 fully saturated rings. The first-order valence-electron chi connectivity index (χ1n) is 10.3. The minimum atomic E-state index is 0.697. The van der Waals surface area contributed by atoms with Gasteiger partial charge in [0, 0.05) is 5.56 Å². The molecule has 0 spiro atoms. The first-order valence-corrected chi connectivity index (χ1v) is 10.3. The van der Waals surface area contributed by atoms with Gasteiger partial charge in [-0.05, 0) is 73.1 Å². The highest BCUT2D eigenvalue weighted by molar-refractivity contribution is 5.65. The van der Waals surface area contributed by atoms with Gasteiger partial charge in [-0.2, -0.15) is 0 Å². The summed E-state index contributed by atoms with van der Waals surface area (Å²) in [5, 5.41) is 0. The molecule has 0 saturated carbocycles. The Bertz CT molecular complexity index is 800. The molecule has 0 aromatic heterocycles. The summed E-state index contributed by atoms with van der Waals surface area (Å²) >= 11 is 0. The fourth-order valence-corrected chi connectivity index (χ4v) is 3.57. The average molecular weight is 359 g/mol. The molecule has 27 heavy (non-hydrogen) atoms. The summed E-state index contributed by atoms with van der Waals surface area (Å²) in [5.41, 5.74) is 4.81. The Morgan fingerprint density at radius 1 is 0.926 bits per heavy atom. The summed E-state index contributed by atoms with van der Waals surface area (Å²) in [4.78, 5) is 0. The van der Waals surface area contributed by atoms with Crippen LogP contribution in [0.25, 0.3) is 11.1 Å². The van der Waals surface area contributed by atoms with E-state index in [1.54, 1.807) is 0 Å². The fourth-order valence-electron chi connectivity index (χ4n) is 3.57. The third-order valence-corrected chi connectivity index (χ3v) is 5.24. The van der Waals surface area contributed by atoms with Crippen molar-refractivity contribution < 1.29 is 4.74 Å². The average Bonchev–Trinajstić information content (AvgIpc) is 2.73. The monoisotopic (exact) mass is 358 g/mol. The van der Waals surface area contributed by atoms with Crippen molar-refractivity contribution in [3.05, 3.63) is 65.7 Å². The molecule has 0 amide bonds. The Balaban J connectivity index is 1.60. The van der Waals surface area contributed by atoms with E-state index in [1.165, 1.54) is 48.8 Å². The Hall–Kier alpha value is -2.46. The molecule has 2 aromatic carbocycles. The lowest BCUT2D eigenvalue weighted by molar-refractivity contribution is 0.340. The van der Waals surface area contributed by atoms with Gasteiger partial charge in [-0.15, -0.1) is 0 Å². The minimum absolute atomic E-state index is 0.697. The molecule has 0 heterocycles. The second kappa shape index (κ2) is 10.0. The maximum atomic E-state index is 5.51. The first kappa shape index (κ1) is 19.3. The molecule has 1 aliphatic carbocycles. The molecule has 0 saturated heterocycles. The molecule has 1 aliphatic rings. The molecule has 1 unspecified atom stereocenters. The van der Waals surface area contributed by atoms with E-state index in [9.17, 15) is 0 Å². The van der Waals surface area contributed by atoms with Crippen molar-refractivity contribution in [2.45, 2.75) is 52.4 Å². The number of ether oxygens (including phenoxy) is 1. The molecule has 0 aliphatic heterocycles. The standard InChI is InChI=1S/C26H30O/c1-3-5-6-21-7-9-22(10-8-21)11-12-23-13-15-24(16-14-23)25-17-19-26(20-18-25)27-4-2/h9,13-21H,3-8,10H2,1-2H3. The van der Waals surface area contributed by atoms with Crippen molar-refractivity contribution >= 4 is 0 Å². The van der Waals surface area contributed by atoms with Crippen LogP contribution < -0.4 is 4.74 Å². The van der Waals surface area contributed by atoms with Crippen molar-refractivity contribution in [1.29, 1.82) is 0 Å². The molecule has 0 bridgehead atoms. The van der Waals surface area contributed by atoms with Crippen LogP contribution in [0.5, 0.6) is 5.75 Å². The molecular formula is C26H30O. The lowest BCUT2D eigenvalue weighted by atomic mass is 9.86. The van der Waals surface area contributed by atoms with Crippen LogP contribution in [-0.4, -0.2) is 6.61 Å². The van der Waals surface area contributed by atoms with Gasteiger partial charge in [-0.3, -0.25) is 0 Å². The van der Waals surface area contributed by atoms with E-state index in [1.807, 2.05) is 19.1 Å². The van der Waals surface area contributed by atoms with Gasteiger partial charge in [0.2, 0.25) is 0 Å². The lowest BCUT2D eigenvalue weighted by Crippen LogP contribution is -2.05. The first-order chi connectivity index (χ1) is 13.3. The second-order valence-electron chi connectivity index (χ2n) is 7.30. The predicted molar refractivity (Wildman–Crippen MR) is 115 cm³/mol. The molecule has 2 aromatic rings. The van der Waals surface area contributed by atoms with E-state index in [4.69, 9.17) is 4.74 Å². The van der Waals surface area contributed by atoms with E-state index in [-0.39, 0.29) is 0 Å². The number of allylic oxidation sites excluding steroid dienone is 2. The zero-order valence-electron chi connectivity index (χ0n) is 16.6. The highest BCUT2D eigenvalue weighted by Gasteiger charge is 2.12. The quantitative estimate of drug-likeness (QED) is 0.504. The Kier molecular flexibility index (Phi) is 7.17. The third kappa shape index (κ3) is 5.76. The van der Waals surface area contributed by atoms with Crippen LogP contribution in [0.3, 0.4) is 0 Å². The molecule has 1 nitrogen and oxygen atoms in total. The number of rotatable bonds is 6. The van der Waals surface area contributed by atoms with Gasteiger partial charge in [0.1, 0.15) is 5.75 Å². The second-order valence-corrected chi connectivity index (χ2v) is 7.30. The normalized spacial score (nSPS) is 16.2. The van der Waals surface area contributed by atoms with Crippen LogP contribution >= 0.6 is 0 Å². The Morgan fingerprint density at radius 2 is 1.63 bits per heavy atom. The van der Waals surface area contributed by atoms with Crippen LogP contribution in [0.2, 0.25) is 0 Å². The van der Waals surface area contributed by atoms with Crippen LogP contribution in [-0.2, 0) is 0 Å². The molecular weight excluding hydrogens is 328 g/mol. The lowest BCUT2D eigenvalue weighted by Gasteiger charge is -2.19. The van der Waals surface area contributed by atoms with Crippen molar-refractivity contribution in [2.24, 2.45) is 5.92 Å². The third-order valence-electron chi connectivity index (χ3n) is 5.24. The summed E-state index contributed by atoms with van der Waals surface area (Å²) in [6.07, 6.45) is 10.1. The molecule has 1 heteroatoms. The Morgan fingerprint density at radius 3 is 2.22 bits per heavy atom. The number of unbranched alkanes of at least 4 members (excludes halogenated alkanes) is 1. The zero-order chi connectivity index (χ0) is 18.9. The molecule has 0 radical (unpaired) electrons. The van der Waals surface area contributed by atoms with E-state index < -0.39 is 0 Å². The van der Waals surface area contributed by atoms with Crippen LogP contribution in [0, 0.1) is 17.8 Å². The van der Waals surface area contributed by atoms with Crippen molar-refractivity contribution in [3.8, 4) is 28.7 Å². The van der Waals surface area contributed by atoms with Crippen molar-refractivity contribution in [3.63, 3.8) is 0 Å². The highest BCUT2D eigenvalue weighted by atomic mass is 16.5. The van der Waals surface area contributed by atoms with Crippen molar-refractivity contribution in [2.75, 3.05) is 6.61 Å². The molecule has 140 valence electrons. The van der Waals surface area contributed by atoms with Crippen molar-refractivity contribution in [1.82, 2.24) is 0 Å². The van der Waals surface area contributed by atoms with Crippen LogP contribution in [0.4, 0.5) is 0 Å². The highest BCUT2D eigenvalue weighted by Crippen LogP contribution is 2.27. The summed E-state index contributed by atoms with van der Waals surface area (Å²) in [5.74, 6) is 8.53. The largest absolute Gasteiger partial charge is 0.494 e. The van der Waals surface area contributed by atoms with E-state index in [0.29, 0.717) is 6.61 Å². The van der Waals surface area contributed by atoms with E-state index in [2.05, 4.69) is 61.2 Å². The van der Waals surface area contributed by atoms with Gasteiger partial charge >= 0.3 is 0 Å². The summed E-state index contributed by atoms with van der Waals surface area (Å²) < 4.78 is 5.51. The maximum Gasteiger partial charge on any atom is 0.119 e. The smallest absolute Gasteiger partial charge is 0.119 e. The maximum absolute atomic E-state index is 5.51. The SMILES string of the molecule is CCCCC1CC=C(C#Cc2ccc(-c3ccc(OCC)cc3)cc2)CC1. The van der Waals surface area contributed by atoms with Gasteiger partial charge in [0.25, 0.3) is 0 Å². The van der Waals surface area contributed by atoms with E-state index in [0.717, 1.165) is 23.7 Å². The predicted octanol–water partition coefficient (Wildman–Crippen LogP) is 7.02. The van der Waals surface area contributed by atoms with Crippen LogP contribution in [0.1, 0.15) is 57.9 Å². The molecule has 3 rings (SSSR count). The van der Waals surface area contributed by atoms with Gasteiger partial charge in [0.15, 0.2) is 0 Å². The number of hydrogen-bond donors (Lipinski definition) is 0. The van der Waals surface area contributed by atoms with E-state index >= 15 is 0 Å². The topological polar surface area (TPSA) is 9.23 Å². The fraction of sp³-hybridized carbons (Fsp3) is 0.385. The zero-order valence-corrected chi connectivity index (χ0v) is 16.6. The minimum Gasteiger partial charge on any atom is -0.494 e. The summed E-state index contributed by atoms with van der Waals surface area (Å²) in [6.45, 7) is 4.97. The number of benzene rings is 2. The molecule has 1 atom stereocenters. The summed E-state index contributed by atoms with van der Waals surface area (Å²) in [6, 6.07) is 16.8. The Labute approximate surface area is 164 Å². The van der Waals surface area contributed by atoms with Gasteiger partial charge in [-0.25, -0.2) is 0 Å². The van der Waals surface area contributed by atoms with Crippen LogP contribution in [0.15, 0.2) is 60.2 Å². The molecule has 0 N–H and O–H groups in total.